The van der Waals surface area contributed by atoms with Crippen LogP contribution in [0.2, 0.25) is 0 Å². The van der Waals surface area contributed by atoms with Crippen LogP contribution in [-0.4, -0.2) is 66.2 Å². The summed E-state index contributed by atoms with van der Waals surface area (Å²) >= 11 is 0. The summed E-state index contributed by atoms with van der Waals surface area (Å²) in [5, 5.41) is 0. The molecule has 0 aliphatic carbocycles. The lowest BCUT2D eigenvalue weighted by Crippen LogP contribution is -2.56. The van der Waals surface area contributed by atoms with Gasteiger partial charge in [-0.25, -0.2) is 14.4 Å². The van der Waals surface area contributed by atoms with E-state index < -0.39 is 0 Å². The lowest BCUT2D eigenvalue weighted by molar-refractivity contribution is 0.000322. The largest absolute Gasteiger partial charge is 0.383 e. The maximum atomic E-state index is 13.8. The molecule has 0 radical (unpaired) electrons. The van der Waals surface area contributed by atoms with Gasteiger partial charge in [0.15, 0.2) is 0 Å². The molecule has 2 aromatic carbocycles. The Hall–Kier alpha value is -3.11. The van der Waals surface area contributed by atoms with E-state index in [9.17, 15) is 4.39 Å². The molecule has 0 saturated carbocycles. The first-order valence-electron chi connectivity index (χ1n) is 12.2. The zero-order valence-electron chi connectivity index (χ0n) is 20.5. The van der Waals surface area contributed by atoms with Gasteiger partial charge in [-0.3, -0.25) is 4.90 Å². The standard InChI is InChI=1S/C29H33FN4O/c1-33(19-24-17-31-22-32-18-24)15-5-6-16-34-20-27(29(34)21-35-2)25-12-9-23(10-13-25)11-14-26-7-3-4-8-28(26)30/h3-4,7-10,12-13,17-18,22,27,29H,5-6,15-16,19-21H2,1-2H3. The highest BCUT2D eigenvalue weighted by molar-refractivity contribution is 5.44. The number of methoxy groups -OCH3 is 1. The van der Waals surface area contributed by atoms with Crippen LogP contribution in [-0.2, 0) is 11.3 Å². The minimum Gasteiger partial charge on any atom is -0.383 e. The van der Waals surface area contributed by atoms with Crippen molar-refractivity contribution in [1.82, 2.24) is 19.8 Å². The fourth-order valence-corrected chi connectivity index (χ4v) is 4.62. The summed E-state index contributed by atoms with van der Waals surface area (Å²) in [6.45, 7) is 4.79. The van der Waals surface area contributed by atoms with Crippen LogP contribution < -0.4 is 0 Å². The predicted octanol–water partition coefficient (Wildman–Crippen LogP) is 4.34. The lowest BCUT2D eigenvalue weighted by Gasteiger charge is -2.48. The first-order chi connectivity index (χ1) is 17.1. The van der Waals surface area contributed by atoms with Gasteiger partial charge in [-0.15, -0.1) is 0 Å². The first kappa shape index (κ1) is 25.0. The van der Waals surface area contributed by atoms with Crippen molar-refractivity contribution in [2.75, 3.05) is 40.4 Å². The maximum absolute atomic E-state index is 13.8. The van der Waals surface area contributed by atoms with E-state index in [0.717, 1.165) is 56.8 Å². The Morgan fingerprint density at radius 1 is 1.06 bits per heavy atom. The second-order valence-electron chi connectivity index (χ2n) is 9.17. The van der Waals surface area contributed by atoms with Gasteiger partial charge in [0.1, 0.15) is 12.1 Å². The maximum Gasteiger partial charge on any atom is 0.138 e. The molecule has 2 atom stereocenters. The Balaban J connectivity index is 1.25. The minimum atomic E-state index is -0.286. The number of nitrogens with zero attached hydrogens (tertiary/aromatic N) is 4. The van der Waals surface area contributed by atoms with E-state index in [2.05, 4.69) is 50.8 Å². The summed E-state index contributed by atoms with van der Waals surface area (Å²) in [4.78, 5) is 13.0. The van der Waals surface area contributed by atoms with E-state index in [1.165, 1.54) is 11.6 Å². The fourth-order valence-electron chi connectivity index (χ4n) is 4.62. The Morgan fingerprint density at radius 3 is 2.57 bits per heavy atom. The number of rotatable bonds is 10. The quantitative estimate of drug-likeness (QED) is 0.324. The summed E-state index contributed by atoms with van der Waals surface area (Å²) in [5.41, 5.74) is 3.77. The Labute approximate surface area is 208 Å². The van der Waals surface area contributed by atoms with Crippen LogP contribution >= 0.6 is 0 Å². The topological polar surface area (TPSA) is 41.5 Å². The van der Waals surface area contributed by atoms with E-state index >= 15 is 0 Å². The molecule has 0 N–H and O–H groups in total. The highest BCUT2D eigenvalue weighted by Crippen LogP contribution is 2.34. The summed E-state index contributed by atoms with van der Waals surface area (Å²) in [6.07, 6.45) is 7.63. The van der Waals surface area contributed by atoms with Gasteiger partial charge in [-0.1, -0.05) is 36.1 Å². The Bertz CT molecular complexity index is 1130. The van der Waals surface area contributed by atoms with Crippen molar-refractivity contribution in [3.8, 4) is 11.8 Å². The average Bonchev–Trinajstić information content (AvgIpc) is 2.87. The van der Waals surface area contributed by atoms with Crippen molar-refractivity contribution in [3.63, 3.8) is 0 Å². The van der Waals surface area contributed by atoms with Gasteiger partial charge in [0, 0.05) is 55.7 Å². The highest BCUT2D eigenvalue weighted by Gasteiger charge is 2.39. The van der Waals surface area contributed by atoms with Crippen LogP contribution in [0, 0.1) is 17.7 Å². The molecular formula is C29H33FN4O. The van der Waals surface area contributed by atoms with Gasteiger partial charge in [0.25, 0.3) is 0 Å². The lowest BCUT2D eigenvalue weighted by atomic mass is 9.82. The minimum absolute atomic E-state index is 0.286. The monoisotopic (exact) mass is 472 g/mol. The average molecular weight is 473 g/mol. The molecule has 0 spiro atoms. The fraction of sp³-hybridized carbons (Fsp3) is 0.379. The second kappa shape index (κ2) is 12.6. The number of unbranched alkanes of at least 4 members (excludes halogenated alkanes) is 1. The second-order valence-corrected chi connectivity index (χ2v) is 9.17. The number of halogens is 1. The van der Waals surface area contributed by atoms with Crippen molar-refractivity contribution >= 4 is 0 Å². The van der Waals surface area contributed by atoms with Gasteiger partial charge in [-0.05, 0) is 62.8 Å². The number of aromatic nitrogens is 2. The van der Waals surface area contributed by atoms with Gasteiger partial charge in [-0.2, -0.15) is 0 Å². The van der Waals surface area contributed by atoms with Gasteiger partial charge < -0.3 is 9.64 Å². The molecule has 4 rings (SSSR count). The number of hydrogen-bond donors (Lipinski definition) is 0. The number of ether oxygens (including phenoxy) is 1. The van der Waals surface area contributed by atoms with Crippen LogP contribution in [0.3, 0.4) is 0 Å². The van der Waals surface area contributed by atoms with Crippen molar-refractivity contribution < 1.29 is 9.13 Å². The van der Waals surface area contributed by atoms with Crippen molar-refractivity contribution in [2.45, 2.75) is 31.3 Å². The zero-order chi connectivity index (χ0) is 24.5. The molecule has 3 aromatic rings. The van der Waals surface area contributed by atoms with Crippen molar-refractivity contribution in [3.05, 3.63) is 95.3 Å². The highest BCUT2D eigenvalue weighted by atomic mass is 19.1. The molecule has 0 bridgehead atoms. The number of likely N-dealkylation sites (tertiary alicyclic amines) is 1. The molecule has 1 fully saturated rings. The first-order valence-corrected chi connectivity index (χ1v) is 12.2. The molecule has 182 valence electrons. The molecule has 2 heterocycles. The molecule has 2 unspecified atom stereocenters. The smallest absolute Gasteiger partial charge is 0.138 e. The van der Waals surface area contributed by atoms with E-state index in [4.69, 9.17) is 4.74 Å². The van der Waals surface area contributed by atoms with Gasteiger partial charge in [0.05, 0.1) is 12.2 Å². The van der Waals surface area contributed by atoms with Gasteiger partial charge in [0.2, 0.25) is 0 Å². The van der Waals surface area contributed by atoms with Crippen LogP contribution in [0.15, 0.2) is 67.3 Å². The van der Waals surface area contributed by atoms with Crippen LogP contribution in [0.5, 0.6) is 0 Å². The molecule has 5 nitrogen and oxygen atoms in total. The molecule has 1 saturated heterocycles. The molecule has 1 aliphatic heterocycles. The summed E-state index contributed by atoms with van der Waals surface area (Å²) in [6, 6.07) is 15.4. The number of hydrogen-bond acceptors (Lipinski definition) is 5. The normalized spacial score (nSPS) is 17.6. The number of benzene rings is 2. The van der Waals surface area contributed by atoms with Gasteiger partial charge >= 0.3 is 0 Å². The summed E-state index contributed by atoms with van der Waals surface area (Å²) in [5.74, 6) is 6.18. The van der Waals surface area contributed by atoms with Crippen molar-refractivity contribution in [1.29, 1.82) is 0 Å². The van der Waals surface area contributed by atoms with E-state index in [-0.39, 0.29) is 5.82 Å². The summed E-state index contributed by atoms with van der Waals surface area (Å²) < 4.78 is 19.3. The Kier molecular flexibility index (Phi) is 8.96. The Morgan fingerprint density at radius 2 is 1.83 bits per heavy atom. The van der Waals surface area contributed by atoms with E-state index in [0.29, 0.717) is 17.5 Å². The van der Waals surface area contributed by atoms with Crippen LogP contribution in [0.1, 0.15) is 41.0 Å². The molecule has 1 aromatic heterocycles. The third-order valence-corrected chi connectivity index (χ3v) is 6.56. The van der Waals surface area contributed by atoms with Crippen molar-refractivity contribution in [2.24, 2.45) is 0 Å². The van der Waals surface area contributed by atoms with Crippen LogP contribution in [0.25, 0.3) is 0 Å². The van der Waals surface area contributed by atoms with E-state index in [1.54, 1.807) is 31.6 Å². The van der Waals surface area contributed by atoms with E-state index in [1.807, 2.05) is 24.5 Å². The zero-order valence-corrected chi connectivity index (χ0v) is 20.5. The SMILES string of the molecule is COCC1C(c2ccc(C#Cc3ccccc3F)cc2)CN1CCCCN(C)Cc1cncnc1. The summed E-state index contributed by atoms with van der Waals surface area (Å²) in [7, 11) is 3.92. The third kappa shape index (κ3) is 6.95. The van der Waals surface area contributed by atoms with Crippen LogP contribution in [0.4, 0.5) is 4.39 Å². The third-order valence-electron chi connectivity index (χ3n) is 6.56. The molecule has 35 heavy (non-hydrogen) atoms. The predicted molar refractivity (Wildman–Crippen MR) is 136 cm³/mol. The molecule has 1 aliphatic rings. The molecular weight excluding hydrogens is 439 g/mol. The molecule has 0 amide bonds. The molecule has 6 heteroatoms.